The lowest BCUT2D eigenvalue weighted by Gasteiger charge is -2.19. The first-order valence-electron chi connectivity index (χ1n) is 7.32. The summed E-state index contributed by atoms with van der Waals surface area (Å²) in [4.78, 5) is 34.5. The van der Waals surface area contributed by atoms with Gasteiger partial charge < -0.3 is 20.9 Å². The Balaban J connectivity index is 2.17. The number of primary amides is 1. The molecular formula is C16H18N4O5. The molecule has 9 heteroatoms. The maximum Gasteiger partial charge on any atom is 0.331 e. The maximum atomic E-state index is 12.4. The fourth-order valence-electron chi connectivity index (χ4n) is 1.92. The topological polar surface area (TPSA) is 137 Å². The van der Waals surface area contributed by atoms with Gasteiger partial charge in [-0.3, -0.25) is 14.3 Å². The molecule has 1 aromatic carbocycles. The first-order valence-corrected chi connectivity index (χ1v) is 7.32. The molecule has 0 saturated heterocycles. The van der Waals surface area contributed by atoms with Gasteiger partial charge in [0.05, 0.1) is 17.4 Å². The molecular weight excluding hydrogens is 328 g/mol. The Morgan fingerprint density at radius 3 is 2.64 bits per heavy atom. The summed E-state index contributed by atoms with van der Waals surface area (Å²) in [5, 5.41) is 15.8. The van der Waals surface area contributed by atoms with Crippen LogP contribution in [0.2, 0.25) is 0 Å². The predicted molar refractivity (Wildman–Crippen MR) is 88.3 cm³/mol. The fourth-order valence-corrected chi connectivity index (χ4v) is 1.92. The molecule has 0 atom stereocenters. The van der Waals surface area contributed by atoms with Crippen LogP contribution in [0.3, 0.4) is 0 Å². The number of nitrogens with one attached hydrogen (secondary N) is 1. The summed E-state index contributed by atoms with van der Waals surface area (Å²) in [5.74, 6) is -2.00. The molecule has 2 rings (SSSR count). The van der Waals surface area contributed by atoms with Crippen LogP contribution in [0.15, 0.2) is 36.7 Å². The number of hydrogen-bond acceptors (Lipinski definition) is 5. The van der Waals surface area contributed by atoms with E-state index in [2.05, 4.69) is 10.4 Å². The van der Waals surface area contributed by atoms with E-state index in [1.54, 1.807) is 12.1 Å². The van der Waals surface area contributed by atoms with Crippen LogP contribution in [0.25, 0.3) is 0 Å². The van der Waals surface area contributed by atoms with Gasteiger partial charge in [-0.05, 0) is 26.0 Å². The van der Waals surface area contributed by atoms with E-state index in [4.69, 9.17) is 10.5 Å². The largest absolute Gasteiger partial charge is 0.483 e. The summed E-state index contributed by atoms with van der Waals surface area (Å²) >= 11 is 0. The quantitative estimate of drug-likeness (QED) is 0.679. The van der Waals surface area contributed by atoms with E-state index >= 15 is 0 Å². The number of carbonyl (C=O) groups excluding carboxylic acids is 2. The number of ether oxygens (including phenoxy) is 1. The SMILES string of the molecule is CC(C)(C(=O)O)n1cc(NC(=O)c2ccccc2OCC(N)=O)cn1. The average molecular weight is 346 g/mol. The third kappa shape index (κ3) is 4.14. The van der Waals surface area contributed by atoms with Gasteiger partial charge in [0, 0.05) is 6.20 Å². The lowest BCUT2D eigenvalue weighted by molar-refractivity contribution is -0.146. The molecule has 0 bridgehead atoms. The Morgan fingerprint density at radius 2 is 2.00 bits per heavy atom. The lowest BCUT2D eigenvalue weighted by Crippen LogP contribution is -2.35. The van der Waals surface area contributed by atoms with Crippen LogP contribution >= 0.6 is 0 Å². The molecule has 2 amide bonds. The molecule has 0 saturated carbocycles. The van der Waals surface area contributed by atoms with Crippen molar-refractivity contribution in [3.63, 3.8) is 0 Å². The Bertz CT molecular complexity index is 812. The molecule has 132 valence electrons. The highest BCUT2D eigenvalue weighted by Gasteiger charge is 2.30. The molecule has 1 heterocycles. The number of carbonyl (C=O) groups is 3. The van der Waals surface area contributed by atoms with Crippen molar-refractivity contribution in [3.8, 4) is 5.75 Å². The molecule has 0 unspecified atom stereocenters. The van der Waals surface area contributed by atoms with Crippen molar-refractivity contribution < 1.29 is 24.2 Å². The summed E-state index contributed by atoms with van der Waals surface area (Å²) in [6, 6.07) is 6.36. The Kier molecular flexibility index (Phi) is 5.06. The van der Waals surface area contributed by atoms with Crippen LogP contribution in [0.5, 0.6) is 5.75 Å². The van der Waals surface area contributed by atoms with Crippen LogP contribution < -0.4 is 15.8 Å². The minimum absolute atomic E-state index is 0.203. The molecule has 0 aliphatic heterocycles. The van der Waals surface area contributed by atoms with Crippen molar-refractivity contribution in [2.45, 2.75) is 19.4 Å². The second-order valence-electron chi connectivity index (χ2n) is 5.74. The minimum Gasteiger partial charge on any atom is -0.483 e. The Morgan fingerprint density at radius 1 is 1.32 bits per heavy atom. The number of amides is 2. The van der Waals surface area contributed by atoms with Crippen LogP contribution in [0.4, 0.5) is 5.69 Å². The summed E-state index contributed by atoms with van der Waals surface area (Å²) < 4.78 is 6.45. The molecule has 0 aliphatic rings. The van der Waals surface area contributed by atoms with Crippen molar-refractivity contribution in [3.05, 3.63) is 42.2 Å². The van der Waals surface area contributed by atoms with E-state index < -0.39 is 23.3 Å². The third-order valence-electron chi connectivity index (χ3n) is 3.44. The van der Waals surface area contributed by atoms with E-state index in [9.17, 15) is 19.5 Å². The summed E-state index contributed by atoms with van der Waals surface area (Å²) in [6.45, 7) is 2.62. The lowest BCUT2D eigenvalue weighted by atomic mass is 10.1. The number of anilines is 1. The normalized spacial score (nSPS) is 11.0. The van der Waals surface area contributed by atoms with E-state index in [0.717, 1.165) is 0 Å². The highest BCUT2D eigenvalue weighted by atomic mass is 16.5. The Labute approximate surface area is 143 Å². The molecule has 4 N–H and O–H groups in total. The highest BCUT2D eigenvalue weighted by Crippen LogP contribution is 2.21. The number of benzene rings is 1. The van der Waals surface area contributed by atoms with Crippen molar-refractivity contribution in [2.75, 3.05) is 11.9 Å². The highest BCUT2D eigenvalue weighted by molar-refractivity contribution is 6.06. The zero-order chi connectivity index (χ0) is 18.6. The van der Waals surface area contributed by atoms with E-state index in [-0.39, 0.29) is 17.9 Å². The number of para-hydroxylation sites is 1. The number of carboxylic acids is 1. The fraction of sp³-hybridized carbons (Fsp3) is 0.250. The average Bonchev–Trinajstić information content (AvgIpc) is 3.02. The van der Waals surface area contributed by atoms with Gasteiger partial charge in [0.2, 0.25) is 0 Å². The number of rotatable bonds is 7. The van der Waals surface area contributed by atoms with Crippen LogP contribution in [-0.4, -0.2) is 39.3 Å². The van der Waals surface area contributed by atoms with Gasteiger partial charge >= 0.3 is 5.97 Å². The number of nitrogens with two attached hydrogens (primary N) is 1. The monoisotopic (exact) mass is 346 g/mol. The molecule has 1 aromatic heterocycles. The van der Waals surface area contributed by atoms with Gasteiger partial charge in [-0.1, -0.05) is 12.1 Å². The molecule has 9 nitrogen and oxygen atoms in total. The maximum absolute atomic E-state index is 12.4. The van der Waals surface area contributed by atoms with Crippen molar-refractivity contribution in [1.82, 2.24) is 9.78 Å². The zero-order valence-electron chi connectivity index (χ0n) is 13.7. The standard InChI is InChI=1S/C16H18N4O5/c1-16(2,15(23)24)20-8-10(7-18-20)19-14(22)11-5-3-4-6-12(11)25-9-13(17)21/h3-8H,9H2,1-2H3,(H2,17,21)(H,19,22)(H,23,24). The van der Waals surface area contributed by atoms with Gasteiger partial charge in [0.15, 0.2) is 12.1 Å². The van der Waals surface area contributed by atoms with Crippen LogP contribution in [0.1, 0.15) is 24.2 Å². The molecule has 0 fully saturated rings. The van der Waals surface area contributed by atoms with Gasteiger partial charge in [-0.25, -0.2) is 4.79 Å². The zero-order valence-corrected chi connectivity index (χ0v) is 13.7. The summed E-state index contributed by atoms with van der Waals surface area (Å²) in [6.07, 6.45) is 2.76. The van der Waals surface area contributed by atoms with Crippen LogP contribution in [-0.2, 0) is 15.1 Å². The number of aromatic nitrogens is 2. The van der Waals surface area contributed by atoms with E-state index in [1.165, 1.54) is 43.1 Å². The van der Waals surface area contributed by atoms with Crippen molar-refractivity contribution in [2.24, 2.45) is 5.73 Å². The molecule has 0 radical (unpaired) electrons. The van der Waals surface area contributed by atoms with Crippen LogP contribution in [0, 0.1) is 0 Å². The first-order chi connectivity index (χ1) is 11.7. The third-order valence-corrected chi connectivity index (χ3v) is 3.44. The molecule has 2 aromatic rings. The van der Waals surface area contributed by atoms with Crippen molar-refractivity contribution in [1.29, 1.82) is 0 Å². The number of aliphatic carboxylic acids is 1. The smallest absolute Gasteiger partial charge is 0.331 e. The van der Waals surface area contributed by atoms with Gasteiger partial charge in [-0.15, -0.1) is 0 Å². The molecule has 25 heavy (non-hydrogen) atoms. The van der Waals surface area contributed by atoms with E-state index in [1.807, 2.05) is 0 Å². The summed E-state index contributed by atoms with van der Waals surface area (Å²) in [5.41, 5.74) is 4.30. The van der Waals surface area contributed by atoms with Gasteiger partial charge in [-0.2, -0.15) is 5.10 Å². The summed E-state index contributed by atoms with van der Waals surface area (Å²) in [7, 11) is 0. The minimum atomic E-state index is -1.26. The number of nitrogens with zero attached hydrogens (tertiary/aromatic N) is 2. The first kappa shape index (κ1) is 18.0. The number of carboxylic acid groups (broad SMARTS) is 1. The van der Waals surface area contributed by atoms with Gasteiger partial charge in [0.25, 0.3) is 11.8 Å². The Hall–Kier alpha value is -3.36. The second kappa shape index (κ2) is 7.04. The second-order valence-corrected chi connectivity index (χ2v) is 5.74. The van der Waals surface area contributed by atoms with Gasteiger partial charge in [0.1, 0.15) is 5.75 Å². The molecule has 0 spiro atoms. The number of hydrogen-bond donors (Lipinski definition) is 3. The van der Waals surface area contributed by atoms with Crippen molar-refractivity contribution >= 4 is 23.5 Å². The van der Waals surface area contributed by atoms with E-state index in [0.29, 0.717) is 5.69 Å². The predicted octanol–water partition coefficient (Wildman–Crippen LogP) is 0.819. The molecule has 0 aliphatic carbocycles.